The van der Waals surface area contributed by atoms with Gasteiger partial charge in [0.1, 0.15) is 0 Å². The Morgan fingerprint density at radius 1 is 1.29 bits per heavy atom. The Kier molecular flexibility index (Phi) is 2.12. The van der Waals surface area contributed by atoms with Gasteiger partial charge in [0.15, 0.2) is 5.43 Å². The number of aromatic nitrogens is 1. The van der Waals surface area contributed by atoms with Gasteiger partial charge in [0.25, 0.3) is 0 Å². The molecule has 0 saturated carbocycles. The molecule has 0 aliphatic carbocycles. The van der Waals surface area contributed by atoms with Crippen LogP contribution in [0.15, 0.2) is 29.2 Å². The van der Waals surface area contributed by atoms with Gasteiger partial charge in [-0.1, -0.05) is 13.0 Å². The highest BCUT2D eigenvalue weighted by molar-refractivity contribution is 5.82. The van der Waals surface area contributed by atoms with Crippen molar-refractivity contribution in [1.29, 1.82) is 0 Å². The molecule has 0 bridgehead atoms. The maximum absolute atomic E-state index is 11.5. The largest absolute Gasteiger partial charge is 0.361 e. The van der Waals surface area contributed by atoms with Crippen LogP contribution in [0.2, 0.25) is 0 Å². The zero-order valence-corrected chi connectivity index (χ0v) is 8.42. The van der Waals surface area contributed by atoms with E-state index in [4.69, 9.17) is 0 Å². The molecule has 2 heteroatoms. The third-order valence-electron chi connectivity index (χ3n) is 2.63. The molecule has 2 rings (SSSR count). The molecule has 0 saturated heterocycles. The Balaban J connectivity index is 2.95. The average Bonchev–Trinajstić information content (AvgIpc) is 2.18. The predicted octanol–water partition coefficient (Wildman–Crippen LogP) is 2.40. The maximum Gasteiger partial charge on any atom is 0.189 e. The Bertz CT molecular complexity index is 525. The molecular formula is C12H13NO. The van der Waals surface area contributed by atoms with E-state index in [0.717, 1.165) is 17.3 Å². The average molecular weight is 187 g/mol. The van der Waals surface area contributed by atoms with Crippen LogP contribution in [0.4, 0.5) is 0 Å². The van der Waals surface area contributed by atoms with Crippen molar-refractivity contribution < 1.29 is 0 Å². The third-order valence-corrected chi connectivity index (χ3v) is 2.63. The molecule has 0 fully saturated rings. The van der Waals surface area contributed by atoms with Gasteiger partial charge in [-0.2, -0.15) is 0 Å². The van der Waals surface area contributed by atoms with E-state index in [-0.39, 0.29) is 5.43 Å². The standard InChI is InChI=1S/C12H13NO/c1-3-9-8(2)4-5-10-11(14)6-7-13-12(9)10/h4-7H,3H2,1-2H3,(H,13,14). The SMILES string of the molecule is CCc1c(C)ccc2c(=O)cc[nH]c12. The van der Waals surface area contributed by atoms with Crippen LogP contribution in [0.1, 0.15) is 18.1 Å². The fraction of sp³-hybridized carbons (Fsp3) is 0.250. The van der Waals surface area contributed by atoms with Crippen molar-refractivity contribution in [2.24, 2.45) is 0 Å². The molecule has 1 aromatic heterocycles. The number of aryl methyl sites for hydroxylation is 2. The van der Waals surface area contributed by atoms with Crippen molar-refractivity contribution >= 4 is 10.9 Å². The maximum atomic E-state index is 11.5. The van der Waals surface area contributed by atoms with Gasteiger partial charge >= 0.3 is 0 Å². The molecule has 14 heavy (non-hydrogen) atoms. The predicted molar refractivity (Wildman–Crippen MR) is 58.7 cm³/mol. The summed E-state index contributed by atoms with van der Waals surface area (Å²) in [6, 6.07) is 5.47. The molecule has 1 heterocycles. The second-order valence-electron chi connectivity index (χ2n) is 3.48. The van der Waals surface area contributed by atoms with Crippen LogP contribution >= 0.6 is 0 Å². The summed E-state index contributed by atoms with van der Waals surface area (Å²) >= 11 is 0. The van der Waals surface area contributed by atoms with Gasteiger partial charge in [0, 0.05) is 17.6 Å². The van der Waals surface area contributed by atoms with Crippen molar-refractivity contribution in [3.63, 3.8) is 0 Å². The molecule has 1 N–H and O–H groups in total. The molecule has 72 valence electrons. The van der Waals surface area contributed by atoms with Gasteiger partial charge in [-0.25, -0.2) is 0 Å². The summed E-state index contributed by atoms with van der Waals surface area (Å²) in [4.78, 5) is 14.7. The Morgan fingerprint density at radius 2 is 2.07 bits per heavy atom. The van der Waals surface area contributed by atoms with Gasteiger partial charge in [-0.15, -0.1) is 0 Å². The Hall–Kier alpha value is -1.57. The fourth-order valence-corrected chi connectivity index (χ4v) is 1.87. The zero-order chi connectivity index (χ0) is 10.1. The summed E-state index contributed by atoms with van der Waals surface area (Å²) in [5.41, 5.74) is 3.55. The first-order valence-electron chi connectivity index (χ1n) is 4.84. The molecular weight excluding hydrogens is 174 g/mol. The number of fused-ring (bicyclic) bond motifs is 1. The van der Waals surface area contributed by atoms with E-state index in [1.165, 1.54) is 11.1 Å². The highest BCUT2D eigenvalue weighted by atomic mass is 16.1. The van der Waals surface area contributed by atoms with Crippen molar-refractivity contribution in [2.75, 3.05) is 0 Å². The van der Waals surface area contributed by atoms with Crippen LogP contribution in [0.5, 0.6) is 0 Å². The Labute approximate surface area is 82.6 Å². The second-order valence-corrected chi connectivity index (χ2v) is 3.48. The van der Waals surface area contributed by atoms with Crippen LogP contribution in [-0.2, 0) is 6.42 Å². The summed E-state index contributed by atoms with van der Waals surface area (Å²) in [6.07, 6.45) is 2.66. The number of benzene rings is 1. The van der Waals surface area contributed by atoms with E-state index in [1.807, 2.05) is 12.1 Å². The number of hydrogen-bond donors (Lipinski definition) is 1. The highest BCUT2D eigenvalue weighted by Gasteiger charge is 2.04. The van der Waals surface area contributed by atoms with Gasteiger partial charge < -0.3 is 4.98 Å². The lowest BCUT2D eigenvalue weighted by atomic mass is 10.0. The monoisotopic (exact) mass is 187 g/mol. The van der Waals surface area contributed by atoms with Gasteiger partial charge in [0.05, 0.1) is 5.52 Å². The molecule has 0 amide bonds. The highest BCUT2D eigenvalue weighted by Crippen LogP contribution is 2.17. The summed E-state index contributed by atoms with van der Waals surface area (Å²) < 4.78 is 0. The first-order valence-corrected chi connectivity index (χ1v) is 4.84. The minimum absolute atomic E-state index is 0.0912. The molecule has 0 aliphatic heterocycles. The van der Waals surface area contributed by atoms with E-state index in [0.29, 0.717) is 0 Å². The minimum atomic E-state index is 0.0912. The number of aromatic amines is 1. The molecule has 0 radical (unpaired) electrons. The van der Waals surface area contributed by atoms with Crippen LogP contribution in [0.25, 0.3) is 10.9 Å². The summed E-state index contributed by atoms with van der Waals surface area (Å²) in [5.74, 6) is 0. The van der Waals surface area contributed by atoms with Crippen LogP contribution < -0.4 is 5.43 Å². The van der Waals surface area contributed by atoms with Crippen molar-refractivity contribution in [1.82, 2.24) is 4.98 Å². The van der Waals surface area contributed by atoms with Gasteiger partial charge in [0.2, 0.25) is 0 Å². The molecule has 1 aromatic carbocycles. The molecule has 2 aromatic rings. The fourth-order valence-electron chi connectivity index (χ4n) is 1.87. The van der Waals surface area contributed by atoms with Crippen LogP contribution in [0, 0.1) is 6.92 Å². The van der Waals surface area contributed by atoms with Crippen molar-refractivity contribution in [3.8, 4) is 0 Å². The van der Waals surface area contributed by atoms with Crippen LogP contribution in [-0.4, -0.2) is 4.98 Å². The van der Waals surface area contributed by atoms with E-state index < -0.39 is 0 Å². The Morgan fingerprint density at radius 3 is 2.79 bits per heavy atom. The van der Waals surface area contributed by atoms with Gasteiger partial charge in [-0.05, 0) is 30.5 Å². The first kappa shape index (κ1) is 9.00. The van der Waals surface area contributed by atoms with Gasteiger partial charge in [-0.3, -0.25) is 4.79 Å². The van der Waals surface area contributed by atoms with E-state index in [2.05, 4.69) is 18.8 Å². The third kappa shape index (κ3) is 1.23. The lowest BCUT2D eigenvalue weighted by Crippen LogP contribution is -2.02. The number of nitrogens with one attached hydrogen (secondary N) is 1. The molecule has 0 spiro atoms. The lowest BCUT2D eigenvalue weighted by Gasteiger charge is -2.06. The van der Waals surface area contributed by atoms with E-state index in [1.54, 1.807) is 12.3 Å². The summed E-state index contributed by atoms with van der Waals surface area (Å²) in [6.45, 7) is 4.18. The molecule has 0 aliphatic rings. The zero-order valence-electron chi connectivity index (χ0n) is 8.42. The molecule has 0 unspecified atom stereocenters. The first-order chi connectivity index (χ1) is 6.74. The second kappa shape index (κ2) is 3.29. The van der Waals surface area contributed by atoms with E-state index >= 15 is 0 Å². The number of pyridine rings is 1. The van der Waals surface area contributed by atoms with Crippen LogP contribution in [0.3, 0.4) is 0 Å². The summed E-state index contributed by atoms with van der Waals surface area (Å²) in [5, 5.41) is 0.787. The molecule has 0 atom stereocenters. The smallest absolute Gasteiger partial charge is 0.189 e. The molecule has 2 nitrogen and oxygen atoms in total. The summed E-state index contributed by atoms with van der Waals surface area (Å²) in [7, 11) is 0. The number of rotatable bonds is 1. The lowest BCUT2D eigenvalue weighted by molar-refractivity contribution is 1.11. The minimum Gasteiger partial charge on any atom is -0.361 e. The number of H-pyrrole nitrogens is 1. The topological polar surface area (TPSA) is 32.9 Å². The normalized spacial score (nSPS) is 10.7. The number of hydrogen-bond acceptors (Lipinski definition) is 1. The van der Waals surface area contributed by atoms with Crippen molar-refractivity contribution in [3.05, 3.63) is 45.7 Å². The quantitative estimate of drug-likeness (QED) is 0.730. The van der Waals surface area contributed by atoms with Crippen molar-refractivity contribution in [2.45, 2.75) is 20.3 Å². The van der Waals surface area contributed by atoms with E-state index in [9.17, 15) is 4.79 Å².